The van der Waals surface area contributed by atoms with Gasteiger partial charge in [-0.25, -0.2) is 0 Å². The van der Waals surface area contributed by atoms with Crippen LogP contribution < -0.4 is 5.43 Å². The van der Waals surface area contributed by atoms with Gasteiger partial charge >= 0.3 is 6.18 Å². The summed E-state index contributed by atoms with van der Waals surface area (Å²) < 4.78 is 54.0. The van der Waals surface area contributed by atoms with E-state index in [2.05, 4.69) is 0 Å². The van der Waals surface area contributed by atoms with Crippen LogP contribution >= 0.6 is 0 Å². The van der Waals surface area contributed by atoms with Gasteiger partial charge in [-0.05, 0) is 54.2 Å². The second-order valence-electron chi connectivity index (χ2n) is 8.35. The van der Waals surface area contributed by atoms with Crippen LogP contribution in [0.4, 0.5) is 13.2 Å². The molecule has 1 fully saturated rings. The van der Waals surface area contributed by atoms with Gasteiger partial charge in [0.05, 0.1) is 16.4 Å². The minimum absolute atomic E-state index is 0.189. The molecule has 4 rings (SSSR count). The molecule has 0 saturated heterocycles. The average molecular weight is 460 g/mol. The molecule has 0 amide bonds. The first-order chi connectivity index (χ1) is 15.2. The van der Waals surface area contributed by atoms with E-state index in [9.17, 15) is 22.2 Å². The van der Waals surface area contributed by atoms with Crippen molar-refractivity contribution in [1.29, 1.82) is 0 Å². The molecule has 1 aliphatic rings. The second-order valence-corrected chi connectivity index (χ2v) is 9.84. The summed E-state index contributed by atoms with van der Waals surface area (Å²) in [6, 6.07) is 11.9. The number of benzene rings is 2. The quantitative estimate of drug-likeness (QED) is 0.467. The third-order valence-electron chi connectivity index (χ3n) is 5.93. The van der Waals surface area contributed by atoms with Gasteiger partial charge in [-0.3, -0.25) is 9.00 Å². The van der Waals surface area contributed by atoms with E-state index < -0.39 is 22.5 Å². The molecule has 168 valence electrons. The Morgan fingerprint density at radius 3 is 2.19 bits per heavy atom. The van der Waals surface area contributed by atoms with E-state index in [1.165, 1.54) is 31.2 Å². The molecule has 0 spiro atoms. The maximum Gasteiger partial charge on any atom is 0.416 e. The van der Waals surface area contributed by atoms with E-state index in [1.54, 1.807) is 42.1 Å². The first-order valence-corrected chi connectivity index (χ1v) is 11.9. The second kappa shape index (κ2) is 9.06. The Hall–Kier alpha value is -2.67. The van der Waals surface area contributed by atoms with Crippen molar-refractivity contribution in [3.63, 3.8) is 0 Å². The Labute approximate surface area is 187 Å². The molecule has 3 nitrogen and oxygen atoms in total. The van der Waals surface area contributed by atoms with Crippen molar-refractivity contribution in [3.8, 4) is 22.3 Å². The first kappa shape index (κ1) is 22.5. The predicted molar refractivity (Wildman–Crippen MR) is 121 cm³/mol. The largest absolute Gasteiger partial charge is 0.416 e. The smallest absolute Gasteiger partial charge is 0.356 e. The molecule has 3 aromatic rings. The Morgan fingerprint density at radius 1 is 0.969 bits per heavy atom. The Kier molecular flexibility index (Phi) is 6.38. The summed E-state index contributed by atoms with van der Waals surface area (Å²) in [4.78, 5) is 13.9. The fraction of sp³-hybridized carbons (Fsp3) is 0.320. The van der Waals surface area contributed by atoms with E-state index >= 15 is 0 Å². The van der Waals surface area contributed by atoms with Crippen LogP contribution in [0.1, 0.15) is 31.2 Å². The van der Waals surface area contributed by atoms with Gasteiger partial charge in [0.15, 0.2) is 5.43 Å². The number of hydrogen-bond donors (Lipinski definition) is 0. The van der Waals surface area contributed by atoms with Crippen molar-refractivity contribution < 1.29 is 17.4 Å². The zero-order valence-corrected chi connectivity index (χ0v) is 18.5. The van der Waals surface area contributed by atoms with Crippen LogP contribution in [-0.4, -0.2) is 14.5 Å². The molecule has 0 aliphatic heterocycles. The van der Waals surface area contributed by atoms with Crippen LogP contribution in [0.3, 0.4) is 0 Å². The Bertz CT molecular complexity index is 1210. The summed E-state index contributed by atoms with van der Waals surface area (Å²) in [5.41, 5.74) is 0.212. The van der Waals surface area contributed by atoms with Crippen LogP contribution in [-0.2, 0) is 24.0 Å². The number of nitrogens with zero attached hydrogens (tertiary/aromatic N) is 1. The molecule has 2 aromatic carbocycles. The van der Waals surface area contributed by atoms with E-state index in [0.717, 1.165) is 25.0 Å². The van der Waals surface area contributed by atoms with Crippen LogP contribution in [0.25, 0.3) is 22.3 Å². The average Bonchev–Trinajstić information content (AvgIpc) is 3.27. The van der Waals surface area contributed by atoms with E-state index in [4.69, 9.17) is 0 Å². The van der Waals surface area contributed by atoms with E-state index in [-0.39, 0.29) is 16.6 Å². The highest BCUT2D eigenvalue weighted by Crippen LogP contribution is 2.32. The van der Waals surface area contributed by atoms with Crippen LogP contribution in [0.5, 0.6) is 0 Å². The van der Waals surface area contributed by atoms with Crippen molar-refractivity contribution in [2.45, 2.75) is 36.8 Å². The van der Waals surface area contributed by atoms with Gasteiger partial charge in [0.1, 0.15) is 0 Å². The predicted octanol–water partition coefficient (Wildman–Crippen LogP) is 6.04. The minimum atomic E-state index is -4.49. The monoisotopic (exact) mass is 459 g/mol. The highest BCUT2D eigenvalue weighted by molar-refractivity contribution is 7.85. The zero-order chi connectivity index (χ0) is 22.9. The summed E-state index contributed by atoms with van der Waals surface area (Å²) in [5, 5.41) is 0. The number of aryl methyl sites for hydroxylation is 1. The number of rotatable bonds is 5. The summed E-state index contributed by atoms with van der Waals surface area (Å²) in [6.07, 6.45) is 3.26. The standard InChI is InChI=1S/C25H24F3NO2S/c1-29-14-22(18-8-4-10-20(12-18)25(26,27)28)24(30)23(15-29)19-9-5-11-21(13-19)32(31)16-17-6-2-3-7-17/h4-5,8-15,17H,2-3,6-7,16H2,1H3. The molecule has 1 aromatic heterocycles. The number of alkyl halides is 3. The third kappa shape index (κ3) is 4.88. The fourth-order valence-corrected chi connectivity index (χ4v) is 5.72. The molecule has 32 heavy (non-hydrogen) atoms. The number of aromatic nitrogens is 1. The highest BCUT2D eigenvalue weighted by Gasteiger charge is 2.30. The topological polar surface area (TPSA) is 39.1 Å². The molecule has 1 unspecified atom stereocenters. The van der Waals surface area contributed by atoms with Crippen LogP contribution in [0, 0.1) is 5.92 Å². The summed E-state index contributed by atoms with van der Waals surface area (Å²) in [7, 11) is 0.567. The lowest BCUT2D eigenvalue weighted by Gasteiger charge is -2.13. The maximum atomic E-state index is 13.3. The van der Waals surface area contributed by atoms with Gasteiger partial charge in [-0.15, -0.1) is 0 Å². The molecule has 1 saturated carbocycles. The Balaban J connectivity index is 1.72. The van der Waals surface area contributed by atoms with Crippen LogP contribution in [0.15, 0.2) is 70.6 Å². The van der Waals surface area contributed by atoms with Crippen molar-refractivity contribution in [1.82, 2.24) is 4.57 Å². The molecule has 0 radical (unpaired) electrons. The molecule has 0 bridgehead atoms. The Morgan fingerprint density at radius 2 is 1.56 bits per heavy atom. The van der Waals surface area contributed by atoms with E-state index in [0.29, 0.717) is 27.7 Å². The number of halogens is 3. The first-order valence-electron chi connectivity index (χ1n) is 10.6. The summed E-state index contributed by atoms with van der Waals surface area (Å²) in [6.45, 7) is 0. The molecule has 1 heterocycles. The molecule has 7 heteroatoms. The fourth-order valence-electron chi connectivity index (χ4n) is 4.27. The summed E-state index contributed by atoms with van der Waals surface area (Å²) in [5.74, 6) is 1.09. The van der Waals surface area contributed by atoms with Crippen molar-refractivity contribution in [3.05, 3.63) is 76.7 Å². The van der Waals surface area contributed by atoms with Gasteiger partial charge in [-0.2, -0.15) is 13.2 Å². The summed E-state index contributed by atoms with van der Waals surface area (Å²) >= 11 is 0. The number of hydrogen-bond acceptors (Lipinski definition) is 2. The van der Waals surface area contributed by atoms with Gasteiger partial charge in [0.2, 0.25) is 0 Å². The third-order valence-corrected chi connectivity index (χ3v) is 7.48. The van der Waals surface area contributed by atoms with Crippen molar-refractivity contribution in [2.24, 2.45) is 13.0 Å². The normalized spacial score (nSPS) is 15.8. The van der Waals surface area contributed by atoms with Gasteiger partial charge in [0, 0.05) is 41.2 Å². The lowest BCUT2D eigenvalue weighted by atomic mass is 9.99. The molecule has 0 N–H and O–H groups in total. The molecule has 1 aliphatic carbocycles. The van der Waals surface area contributed by atoms with Crippen molar-refractivity contribution >= 4 is 10.8 Å². The highest BCUT2D eigenvalue weighted by atomic mass is 32.2. The lowest BCUT2D eigenvalue weighted by molar-refractivity contribution is -0.137. The van der Waals surface area contributed by atoms with Crippen molar-refractivity contribution in [2.75, 3.05) is 5.75 Å². The number of pyridine rings is 1. The molecular formula is C25H24F3NO2S. The van der Waals surface area contributed by atoms with Gasteiger partial charge in [0.25, 0.3) is 0 Å². The SMILES string of the molecule is Cn1cc(-c2cccc(S(=O)CC3CCCC3)c2)c(=O)c(-c2cccc(C(F)(F)F)c2)c1. The van der Waals surface area contributed by atoms with Crippen LogP contribution in [0.2, 0.25) is 0 Å². The minimum Gasteiger partial charge on any atom is -0.356 e. The lowest BCUT2D eigenvalue weighted by Crippen LogP contribution is -2.13. The van der Waals surface area contributed by atoms with Gasteiger partial charge in [-0.1, -0.05) is 37.1 Å². The molecular weight excluding hydrogens is 435 g/mol. The molecule has 1 atom stereocenters. The maximum absolute atomic E-state index is 13.3. The zero-order valence-electron chi connectivity index (χ0n) is 17.7. The van der Waals surface area contributed by atoms with E-state index in [1.807, 2.05) is 0 Å². The van der Waals surface area contributed by atoms with Gasteiger partial charge < -0.3 is 4.57 Å².